The van der Waals surface area contributed by atoms with E-state index >= 15 is 0 Å². The third kappa shape index (κ3) is 1.90. The van der Waals surface area contributed by atoms with Crippen LogP contribution in [0.4, 0.5) is 4.79 Å². The predicted octanol–water partition coefficient (Wildman–Crippen LogP) is 2.78. The molecule has 0 radical (unpaired) electrons. The molecule has 1 aromatic carbocycles. The number of carbonyl (C=O) groups is 1. The van der Waals surface area contributed by atoms with Gasteiger partial charge < -0.3 is 15.4 Å². The zero-order valence-electron chi connectivity index (χ0n) is 9.56. The molecule has 0 saturated carbocycles. The first-order valence-electron chi connectivity index (χ1n) is 5.81. The van der Waals surface area contributed by atoms with Crippen LogP contribution in [0.25, 0.3) is 0 Å². The zero-order valence-corrected chi connectivity index (χ0v) is 11.9. The highest BCUT2D eigenvalue weighted by Crippen LogP contribution is 2.43. The van der Waals surface area contributed by atoms with E-state index in [0.29, 0.717) is 10.8 Å². The molecule has 0 bridgehead atoms. The van der Waals surface area contributed by atoms with E-state index in [9.17, 15) is 4.79 Å². The Balaban J connectivity index is 2.14. The van der Waals surface area contributed by atoms with E-state index in [-0.39, 0.29) is 5.54 Å². The Kier molecular flexibility index (Phi) is 3.00. The molecule has 18 heavy (non-hydrogen) atoms. The fourth-order valence-electron chi connectivity index (χ4n) is 2.62. The molecule has 2 heterocycles. The molecule has 0 unspecified atom stereocenters. The Morgan fingerprint density at radius 3 is 2.78 bits per heavy atom. The van der Waals surface area contributed by atoms with Gasteiger partial charge in [-0.15, -0.1) is 0 Å². The molecule has 2 aliphatic heterocycles. The van der Waals surface area contributed by atoms with Crippen LogP contribution >= 0.6 is 27.5 Å². The fraction of sp³-hybridized carbons (Fsp3) is 0.417. The van der Waals surface area contributed by atoms with Crippen LogP contribution in [-0.4, -0.2) is 19.2 Å². The molecule has 2 N–H and O–H groups in total. The standard InChI is InChI=1S/C12H12BrClN2O2/c13-8-6-10-7(5-9(8)14)12(16-11(17)18-10)1-3-15-4-2-12/h5-6,15H,1-4H2,(H,16,17). The number of fused-ring (bicyclic) bond motifs is 2. The SMILES string of the molecule is O=C1NC2(CCNCC2)c2cc(Cl)c(Br)cc2O1. The normalized spacial score (nSPS) is 21.1. The van der Waals surface area contributed by atoms with Crippen LogP contribution in [0.1, 0.15) is 18.4 Å². The number of rotatable bonds is 0. The van der Waals surface area contributed by atoms with Crippen molar-refractivity contribution in [2.45, 2.75) is 18.4 Å². The summed E-state index contributed by atoms with van der Waals surface area (Å²) in [6, 6.07) is 3.64. The number of halogens is 2. The molecule has 0 aromatic heterocycles. The maximum atomic E-state index is 11.7. The minimum absolute atomic E-state index is 0.347. The molecule has 1 saturated heterocycles. The summed E-state index contributed by atoms with van der Waals surface area (Å²) >= 11 is 9.50. The Hall–Kier alpha value is -0.780. The highest BCUT2D eigenvalue weighted by atomic mass is 79.9. The highest BCUT2D eigenvalue weighted by Gasteiger charge is 2.42. The Morgan fingerprint density at radius 2 is 2.06 bits per heavy atom. The molecule has 1 spiro atoms. The van der Waals surface area contributed by atoms with Crippen LogP contribution in [0.3, 0.4) is 0 Å². The molecular weight excluding hydrogens is 320 g/mol. The van der Waals surface area contributed by atoms with Crippen molar-refractivity contribution >= 4 is 33.6 Å². The smallest absolute Gasteiger partial charge is 0.410 e. The van der Waals surface area contributed by atoms with E-state index in [1.807, 2.05) is 6.07 Å². The van der Waals surface area contributed by atoms with Crippen LogP contribution in [-0.2, 0) is 5.54 Å². The minimum Gasteiger partial charge on any atom is -0.410 e. The predicted molar refractivity (Wildman–Crippen MR) is 72.1 cm³/mol. The average Bonchev–Trinajstić information content (AvgIpc) is 2.33. The summed E-state index contributed by atoms with van der Waals surface area (Å²) in [5.41, 5.74) is 0.622. The average molecular weight is 332 g/mol. The van der Waals surface area contributed by atoms with Gasteiger partial charge in [0.2, 0.25) is 0 Å². The van der Waals surface area contributed by atoms with Gasteiger partial charge in [-0.05, 0) is 54.0 Å². The number of piperidine rings is 1. The Labute approximate surface area is 118 Å². The molecule has 2 aliphatic rings. The summed E-state index contributed by atoms with van der Waals surface area (Å²) in [4.78, 5) is 11.7. The van der Waals surface area contributed by atoms with Crippen molar-refractivity contribution in [3.05, 3.63) is 27.2 Å². The van der Waals surface area contributed by atoms with Gasteiger partial charge in [0.25, 0.3) is 0 Å². The fourth-order valence-corrected chi connectivity index (χ4v) is 3.11. The van der Waals surface area contributed by atoms with Gasteiger partial charge in [-0.25, -0.2) is 4.79 Å². The van der Waals surface area contributed by atoms with Crippen molar-refractivity contribution in [3.8, 4) is 5.75 Å². The lowest BCUT2D eigenvalue weighted by Crippen LogP contribution is -2.55. The molecule has 96 valence electrons. The van der Waals surface area contributed by atoms with E-state index in [0.717, 1.165) is 36.0 Å². The van der Waals surface area contributed by atoms with E-state index < -0.39 is 6.09 Å². The van der Waals surface area contributed by atoms with E-state index in [1.54, 1.807) is 6.07 Å². The first-order chi connectivity index (χ1) is 8.61. The minimum atomic E-state index is -0.390. The first kappa shape index (κ1) is 12.3. The molecule has 3 rings (SSSR count). The summed E-state index contributed by atoms with van der Waals surface area (Å²) < 4.78 is 5.97. The van der Waals surface area contributed by atoms with Crippen molar-refractivity contribution in [2.75, 3.05) is 13.1 Å². The quantitative estimate of drug-likeness (QED) is 0.768. The van der Waals surface area contributed by atoms with E-state index in [4.69, 9.17) is 16.3 Å². The molecule has 6 heteroatoms. The number of nitrogens with one attached hydrogen (secondary N) is 2. The largest absolute Gasteiger partial charge is 0.413 e. The zero-order chi connectivity index (χ0) is 12.8. The number of ether oxygens (including phenoxy) is 1. The second kappa shape index (κ2) is 4.40. The number of carbonyl (C=O) groups excluding carboxylic acids is 1. The number of amides is 1. The lowest BCUT2D eigenvalue weighted by Gasteiger charge is -2.42. The van der Waals surface area contributed by atoms with E-state index in [1.165, 1.54) is 0 Å². The van der Waals surface area contributed by atoms with Gasteiger partial charge in [0.1, 0.15) is 5.75 Å². The molecule has 1 amide bonds. The maximum absolute atomic E-state index is 11.7. The topological polar surface area (TPSA) is 50.4 Å². The van der Waals surface area contributed by atoms with E-state index in [2.05, 4.69) is 26.6 Å². The molecule has 0 atom stereocenters. The molecule has 1 fully saturated rings. The second-order valence-corrected chi connectivity index (χ2v) is 5.87. The van der Waals surface area contributed by atoms with Crippen molar-refractivity contribution in [3.63, 3.8) is 0 Å². The number of benzene rings is 1. The summed E-state index contributed by atoms with van der Waals surface area (Å²) in [6.07, 6.45) is 1.29. The maximum Gasteiger partial charge on any atom is 0.413 e. The monoisotopic (exact) mass is 330 g/mol. The number of hydrogen-bond acceptors (Lipinski definition) is 3. The summed E-state index contributed by atoms with van der Waals surface area (Å²) in [5.74, 6) is 0.594. The van der Waals surface area contributed by atoms with Crippen LogP contribution in [0.5, 0.6) is 5.75 Å². The van der Waals surface area contributed by atoms with Gasteiger partial charge in [-0.3, -0.25) is 0 Å². The van der Waals surface area contributed by atoms with Crippen molar-refractivity contribution in [2.24, 2.45) is 0 Å². The van der Waals surface area contributed by atoms with Crippen molar-refractivity contribution in [1.82, 2.24) is 10.6 Å². The van der Waals surface area contributed by atoms with Crippen LogP contribution in [0.2, 0.25) is 5.02 Å². The van der Waals surface area contributed by atoms with Crippen LogP contribution in [0, 0.1) is 0 Å². The molecule has 1 aromatic rings. The lowest BCUT2D eigenvalue weighted by molar-refractivity contribution is 0.154. The van der Waals surface area contributed by atoms with Gasteiger partial charge >= 0.3 is 6.09 Å². The van der Waals surface area contributed by atoms with Gasteiger partial charge in [0.15, 0.2) is 0 Å². The number of hydrogen-bond donors (Lipinski definition) is 2. The second-order valence-electron chi connectivity index (χ2n) is 4.61. The first-order valence-corrected chi connectivity index (χ1v) is 6.98. The summed E-state index contributed by atoms with van der Waals surface area (Å²) in [6.45, 7) is 1.74. The Bertz CT molecular complexity index is 515. The molecule has 0 aliphatic carbocycles. The molecule has 4 nitrogen and oxygen atoms in total. The van der Waals surface area contributed by atoms with Crippen LogP contribution in [0.15, 0.2) is 16.6 Å². The van der Waals surface area contributed by atoms with Crippen LogP contribution < -0.4 is 15.4 Å². The van der Waals surface area contributed by atoms with Gasteiger partial charge in [-0.1, -0.05) is 11.6 Å². The van der Waals surface area contributed by atoms with Crippen molar-refractivity contribution < 1.29 is 9.53 Å². The van der Waals surface area contributed by atoms with Gasteiger partial charge in [-0.2, -0.15) is 0 Å². The van der Waals surface area contributed by atoms with Crippen molar-refractivity contribution in [1.29, 1.82) is 0 Å². The van der Waals surface area contributed by atoms with Gasteiger partial charge in [0, 0.05) is 10.0 Å². The molecular formula is C12H12BrClN2O2. The lowest BCUT2D eigenvalue weighted by atomic mass is 9.80. The summed E-state index contributed by atoms with van der Waals surface area (Å²) in [7, 11) is 0. The Morgan fingerprint density at radius 1 is 1.33 bits per heavy atom. The third-order valence-electron chi connectivity index (χ3n) is 3.54. The third-order valence-corrected chi connectivity index (χ3v) is 4.74. The van der Waals surface area contributed by atoms with Gasteiger partial charge in [0.05, 0.1) is 10.6 Å². The highest BCUT2D eigenvalue weighted by molar-refractivity contribution is 9.10. The summed E-state index contributed by atoms with van der Waals surface area (Å²) in [5, 5.41) is 6.88.